The van der Waals surface area contributed by atoms with E-state index in [1.54, 1.807) is 24.3 Å². The topological polar surface area (TPSA) is 69.7 Å². The van der Waals surface area contributed by atoms with Crippen LogP contribution in [-0.4, -0.2) is 35.5 Å². The van der Waals surface area contributed by atoms with Gasteiger partial charge in [0.2, 0.25) is 5.12 Å². The standard InChI is InChI=1S/C21H28O5S/c1-14(2)17-10-9-15(3)11-18(17)26-19(22)12-25-20(23)13-27-21(24)16-7-5-4-6-8-16/h4-8,14-15,17-18H,9-13H2,1-3H3/t15-,17+,18+/m1/s1. The lowest BCUT2D eigenvalue weighted by molar-refractivity contribution is -0.166. The summed E-state index contributed by atoms with van der Waals surface area (Å²) < 4.78 is 10.6. The molecule has 3 atom stereocenters. The largest absolute Gasteiger partial charge is 0.460 e. The third kappa shape index (κ3) is 7.01. The highest BCUT2D eigenvalue weighted by atomic mass is 32.2. The lowest BCUT2D eigenvalue weighted by Crippen LogP contribution is -2.36. The smallest absolute Gasteiger partial charge is 0.344 e. The van der Waals surface area contributed by atoms with Crippen molar-refractivity contribution in [1.82, 2.24) is 0 Å². The van der Waals surface area contributed by atoms with Crippen LogP contribution in [0.2, 0.25) is 0 Å². The van der Waals surface area contributed by atoms with E-state index in [9.17, 15) is 14.4 Å². The molecule has 6 heteroatoms. The average molecular weight is 393 g/mol. The van der Waals surface area contributed by atoms with Crippen molar-refractivity contribution >= 4 is 28.8 Å². The van der Waals surface area contributed by atoms with Crippen LogP contribution in [0.4, 0.5) is 0 Å². The van der Waals surface area contributed by atoms with Crippen LogP contribution < -0.4 is 0 Å². The summed E-state index contributed by atoms with van der Waals surface area (Å²) in [5.74, 6) is 0.0702. The molecular weight excluding hydrogens is 364 g/mol. The SMILES string of the molecule is CC(C)[C@@H]1CC[C@@H](C)C[C@@H]1OC(=O)COC(=O)CSC(=O)c1ccccc1. The Bertz CT molecular complexity index is 643. The van der Waals surface area contributed by atoms with Gasteiger partial charge in [0, 0.05) is 5.56 Å². The minimum atomic E-state index is -0.598. The second-order valence-electron chi connectivity index (χ2n) is 7.46. The molecule has 1 aliphatic carbocycles. The zero-order chi connectivity index (χ0) is 19.8. The van der Waals surface area contributed by atoms with Gasteiger partial charge in [0.25, 0.3) is 0 Å². The molecule has 0 unspecified atom stereocenters. The van der Waals surface area contributed by atoms with Crippen molar-refractivity contribution in [3.05, 3.63) is 35.9 Å². The average Bonchev–Trinajstić information content (AvgIpc) is 2.65. The summed E-state index contributed by atoms with van der Waals surface area (Å²) in [5, 5.41) is -0.203. The van der Waals surface area contributed by atoms with E-state index >= 15 is 0 Å². The number of carbonyl (C=O) groups is 3. The first kappa shape index (κ1) is 21.5. The molecule has 0 spiro atoms. The Morgan fingerprint density at radius 1 is 1.11 bits per heavy atom. The molecule has 5 nitrogen and oxygen atoms in total. The van der Waals surface area contributed by atoms with E-state index in [1.807, 2.05) is 6.07 Å². The Labute approximate surface area is 165 Å². The Morgan fingerprint density at radius 2 is 1.81 bits per heavy atom. The molecule has 0 N–H and O–H groups in total. The highest BCUT2D eigenvalue weighted by molar-refractivity contribution is 8.14. The number of esters is 2. The Kier molecular flexibility index (Phi) is 8.35. The van der Waals surface area contributed by atoms with Crippen LogP contribution >= 0.6 is 11.8 Å². The number of hydrogen-bond acceptors (Lipinski definition) is 6. The van der Waals surface area contributed by atoms with E-state index in [-0.39, 0.29) is 17.0 Å². The first-order chi connectivity index (χ1) is 12.9. The van der Waals surface area contributed by atoms with Gasteiger partial charge in [0.05, 0.1) is 5.75 Å². The van der Waals surface area contributed by atoms with Crippen LogP contribution in [0.3, 0.4) is 0 Å². The predicted molar refractivity (Wildman–Crippen MR) is 105 cm³/mol. The van der Waals surface area contributed by atoms with Crippen LogP contribution in [0.15, 0.2) is 30.3 Å². The quantitative estimate of drug-likeness (QED) is 0.651. The molecule has 0 heterocycles. The summed E-state index contributed by atoms with van der Waals surface area (Å²) in [6.45, 7) is 6.04. The molecule has 0 radical (unpaired) electrons. The highest BCUT2D eigenvalue weighted by Crippen LogP contribution is 2.35. The van der Waals surface area contributed by atoms with Gasteiger partial charge in [0.1, 0.15) is 6.10 Å². The number of carbonyl (C=O) groups excluding carboxylic acids is 3. The third-order valence-corrected chi connectivity index (χ3v) is 5.80. The normalized spacial score (nSPS) is 22.3. The fourth-order valence-electron chi connectivity index (χ4n) is 3.42. The molecule has 0 saturated heterocycles. The molecule has 0 bridgehead atoms. The first-order valence-electron chi connectivity index (χ1n) is 9.44. The van der Waals surface area contributed by atoms with Crippen LogP contribution in [-0.2, 0) is 19.1 Å². The summed E-state index contributed by atoms with van der Waals surface area (Å²) in [5.41, 5.74) is 0.529. The predicted octanol–water partition coefficient (Wildman–Crippen LogP) is 4.11. The second kappa shape index (κ2) is 10.5. The summed E-state index contributed by atoms with van der Waals surface area (Å²) in [7, 11) is 0. The highest BCUT2D eigenvalue weighted by Gasteiger charge is 2.33. The van der Waals surface area contributed by atoms with Crippen LogP contribution in [0, 0.1) is 17.8 Å². The maximum Gasteiger partial charge on any atom is 0.344 e. The minimum Gasteiger partial charge on any atom is -0.460 e. The fraction of sp³-hybridized carbons (Fsp3) is 0.571. The van der Waals surface area contributed by atoms with Gasteiger partial charge < -0.3 is 9.47 Å². The molecule has 148 valence electrons. The molecule has 0 amide bonds. The minimum absolute atomic E-state index is 0.117. The van der Waals surface area contributed by atoms with Crippen molar-refractivity contribution in [3.63, 3.8) is 0 Å². The van der Waals surface area contributed by atoms with Gasteiger partial charge in [-0.2, -0.15) is 0 Å². The van der Waals surface area contributed by atoms with Crippen molar-refractivity contribution in [3.8, 4) is 0 Å². The van der Waals surface area contributed by atoms with Crippen LogP contribution in [0.25, 0.3) is 0 Å². The Balaban J connectivity index is 1.72. The zero-order valence-corrected chi connectivity index (χ0v) is 17.0. The molecular formula is C21H28O5S. The van der Waals surface area contributed by atoms with Gasteiger partial charge in [0.15, 0.2) is 6.61 Å². The molecule has 1 aromatic carbocycles. The molecule has 1 aliphatic rings. The van der Waals surface area contributed by atoms with E-state index in [1.165, 1.54) is 0 Å². The molecule has 1 saturated carbocycles. The van der Waals surface area contributed by atoms with Crippen LogP contribution in [0.5, 0.6) is 0 Å². The van der Waals surface area contributed by atoms with Gasteiger partial charge in [-0.05, 0) is 30.6 Å². The van der Waals surface area contributed by atoms with E-state index in [0.29, 0.717) is 23.3 Å². The maximum atomic E-state index is 12.1. The number of benzene rings is 1. The van der Waals surface area contributed by atoms with E-state index in [4.69, 9.17) is 9.47 Å². The molecule has 1 fully saturated rings. The van der Waals surface area contributed by atoms with Gasteiger partial charge in [-0.3, -0.25) is 9.59 Å². The number of thioether (sulfide) groups is 1. The molecule has 0 aliphatic heterocycles. The van der Waals surface area contributed by atoms with Crippen molar-refractivity contribution in [2.75, 3.05) is 12.4 Å². The fourth-order valence-corrected chi connectivity index (χ4v) is 4.05. The molecule has 1 aromatic rings. The Hall–Kier alpha value is -1.82. The number of hydrogen-bond donors (Lipinski definition) is 0. The van der Waals surface area contributed by atoms with Gasteiger partial charge in [-0.15, -0.1) is 0 Å². The molecule has 0 aromatic heterocycles. The maximum absolute atomic E-state index is 12.1. The third-order valence-electron chi connectivity index (χ3n) is 4.93. The van der Waals surface area contributed by atoms with Gasteiger partial charge >= 0.3 is 11.9 Å². The van der Waals surface area contributed by atoms with E-state index in [2.05, 4.69) is 20.8 Å². The van der Waals surface area contributed by atoms with Crippen molar-refractivity contribution < 1.29 is 23.9 Å². The molecule has 27 heavy (non-hydrogen) atoms. The lowest BCUT2D eigenvalue weighted by atomic mass is 9.75. The molecule has 2 rings (SSSR count). The van der Waals surface area contributed by atoms with E-state index in [0.717, 1.165) is 31.0 Å². The first-order valence-corrected chi connectivity index (χ1v) is 10.4. The van der Waals surface area contributed by atoms with Gasteiger partial charge in [-0.25, -0.2) is 4.79 Å². The van der Waals surface area contributed by atoms with Gasteiger partial charge in [-0.1, -0.05) is 69.3 Å². The summed E-state index contributed by atoms with van der Waals surface area (Å²) >= 11 is 0.864. The lowest BCUT2D eigenvalue weighted by Gasteiger charge is -2.36. The Morgan fingerprint density at radius 3 is 2.48 bits per heavy atom. The summed E-state index contributed by atoms with van der Waals surface area (Å²) in [6.07, 6.45) is 2.94. The number of ether oxygens (including phenoxy) is 2. The second-order valence-corrected chi connectivity index (χ2v) is 8.41. The summed E-state index contributed by atoms with van der Waals surface area (Å²) in [6, 6.07) is 8.72. The number of rotatable bonds is 7. The zero-order valence-electron chi connectivity index (χ0n) is 16.2. The van der Waals surface area contributed by atoms with Crippen molar-refractivity contribution in [2.45, 2.75) is 46.1 Å². The van der Waals surface area contributed by atoms with Crippen molar-refractivity contribution in [2.24, 2.45) is 17.8 Å². The monoisotopic (exact) mass is 392 g/mol. The van der Waals surface area contributed by atoms with Crippen LogP contribution in [0.1, 0.15) is 50.4 Å². The van der Waals surface area contributed by atoms with Crippen molar-refractivity contribution in [1.29, 1.82) is 0 Å². The van der Waals surface area contributed by atoms with E-state index < -0.39 is 18.5 Å². The summed E-state index contributed by atoms with van der Waals surface area (Å²) in [4.78, 5) is 35.8.